The van der Waals surface area contributed by atoms with Gasteiger partial charge < -0.3 is 22.3 Å². The zero-order valence-electron chi connectivity index (χ0n) is 10.3. The number of anilines is 3. The van der Waals surface area contributed by atoms with E-state index < -0.39 is 11.6 Å². The van der Waals surface area contributed by atoms with E-state index in [0.29, 0.717) is 0 Å². The molecule has 2 aromatic carbocycles. The van der Waals surface area contributed by atoms with Crippen LogP contribution in [-0.4, -0.2) is 16.7 Å². The van der Waals surface area contributed by atoms with Gasteiger partial charge in [0.05, 0.1) is 22.4 Å². The highest BCUT2D eigenvalue weighted by Gasteiger charge is 2.35. The normalized spacial score (nSPS) is 13.0. The Morgan fingerprint density at radius 1 is 0.850 bits per heavy atom. The summed E-state index contributed by atoms with van der Waals surface area (Å²) in [5.74, 6) is -1.26. The fraction of sp³-hybridized carbons (Fsp3) is 0. The first-order valence-electron chi connectivity index (χ1n) is 5.82. The van der Waals surface area contributed by atoms with Gasteiger partial charge in [-0.1, -0.05) is 12.1 Å². The van der Waals surface area contributed by atoms with Gasteiger partial charge in [0.2, 0.25) is 0 Å². The minimum absolute atomic E-state index is 0.000969. The zero-order valence-corrected chi connectivity index (χ0v) is 10.3. The van der Waals surface area contributed by atoms with Crippen molar-refractivity contribution in [1.82, 2.24) is 0 Å². The molecule has 0 aliphatic heterocycles. The number of aromatic hydroxyl groups is 1. The lowest BCUT2D eigenvalue weighted by Crippen LogP contribution is -2.25. The van der Waals surface area contributed by atoms with Gasteiger partial charge in [-0.3, -0.25) is 9.59 Å². The van der Waals surface area contributed by atoms with Gasteiger partial charge in [-0.2, -0.15) is 0 Å². The van der Waals surface area contributed by atoms with Crippen molar-refractivity contribution in [3.8, 4) is 5.75 Å². The molecule has 6 heteroatoms. The number of hydrogen-bond donors (Lipinski definition) is 4. The first-order valence-corrected chi connectivity index (χ1v) is 5.82. The number of rotatable bonds is 0. The van der Waals surface area contributed by atoms with Crippen molar-refractivity contribution >= 4 is 28.6 Å². The number of nitrogen functional groups attached to an aromatic ring is 3. The van der Waals surface area contributed by atoms with E-state index in [9.17, 15) is 14.7 Å². The molecule has 0 bridgehead atoms. The number of benzene rings is 2. The summed E-state index contributed by atoms with van der Waals surface area (Å²) in [5.41, 5.74) is 17.5. The quantitative estimate of drug-likeness (QED) is 0.354. The molecular formula is C14H11N3O3. The van der Waals surface area contributed by atoms with Crippen LogP contribution in [0.4, 0.5) is 17.1 Å². The number of carbonyl (C=O) groups is 2. The zero-order chi connectivity index (χ0) is 14.6. The molecule has 0 saturated carbocycles. The van der Waals surface area contributed by atoms with E-state index in [1.54, 1.807) is 6.07 Å². The number of phenolic OH excluding ortho intramolecular Hbond substituents is 1. The maximum absolute atomic E-state index is 12.5. The van der Waals surface area contributed by atoms with Crippen molar-refractivity contribution in [3.05, 3.63) is 46.5 Å². The summed E-state index contributed by atoms with van der Waals surface area (Å²) in [5, 5.41) is 9.67. The molecule has 20 heavy (non-hydrogen) atoms. The van der Waals surface area contributed by atoms with Crippen LogP contribution in [0.1, 0.15) is 31.8 Å². The predicted molar refractivity (Wildman–Crippen MR) is 74.7 cm³/mol. The fourth-order valence-electron chi connectivity index (χ4n) is 2.46. The van der Waals surface area contributed by atoms with Gasteiger partial charge in [0.15, 0.2) is 11.6 Å². The lowest BCUT2D eigenvalue weighted by molar-refractivity contribution is 0.0980. The second-order valence-corrected chi connectivity index (χ2v) is 4.58. The first-order chi connectivity index (χ1) is 9.43. The Kier molecular flexibility index (Phi) is 2.25. The van der Waals surface area contributed by atoms with Crippen LogP contribution < -0.4 is 17.2 Å². The SMILES string of the molecule is Nc1cccc2c1C(=O)c1c(N)cc(O)c(N)c1C2=O. The average Bonchev–Trinajstić information content (AvgIpc) is 2.40. The maximum Gasteiger partial charge on any atom is 0.198 e. The lowest BCUT2D eigenvalue weighted by atomic mass is 9.81. The largest absolute Gasteiger partial charge is 0.506 e. The molecule has 0 fully saturated rings. The second kappa shape index (κ2) is 3.74. The third kappa shape index (κ3) is 1.33. The van der Waals surface area contributed by atoms with E-state index in [1.165, 1.54) is 12.1 Å². The molecule has 2 aromatic rings. The highest BCUT2D eigenvalue weighted by Crippen LogP contribution is 2.40. The lowest BCUT2D eigenvalue weighted by Gasteiger charge is -2.22. The van der Waals surface area contributed by atoms with Gasteiger partial charge in [-0.05, 0) is 6.07 Å². The molecule has 100 valence electrons. The van der Waals surface area contributed by atoms with Crippen LogP contribution in [0.2, 0.25) is 0 Å². The molecular weight excluding hydrogens is 258 g/mol. The van der Waals surface area contributed by atoms with Gasteiger partial charge in [0.25, 0.3) is 0 Å². The number of hydrogen-bond acceptors (Lipinski definition) is 6. The van der Waals surface area contributed by atoms with Gasteiger partial charge in [0.1, 0.15) is 5.75 Å². The molecule has 1 aliphatic carbocycles. The predicted octanol–water partition coefficient (Wildman–Crippen LogP) is 0.914. The van der Waals surface area contributed by atoms with E-state index in [4.69, 9.17) is 17.2 Å². The summed E-state index contributed by atoms with van der Waals surface area (Å²) >= 11 is 0. The van der Waals surface area contributed by atoms with Crippen LogP contribution in [0, 0.1) is 0 Å². The van der Waals surface area contributed by atoms with Crippen LogP contribution in [0.15, 0.2) is 24.3 Å². The summed E-state index contributed by atoms with van der Waals surface area (Å²) < 4.78 is 0. The van der Waals surface area contributed by atoms with Crippen molar-refractivity contribution in [3.63, 3.8) is 0 Å². The summed E-state index contributed by atoms with van der Waals surface area (Å²) in [6, 6.07) is 5.76. The third-order valence-electron chi connectivity index (χ3n) is 3.40. The molecule has 0 atom stereocenters. The molecule has 0 radical (unpaired) electrons. The topological polar surface area (TPSA) is 132 Å². The monoisotopic (exact) mass is 269 g/mol. The van der Waals surface area contributed by atoms with Gasteiger partial charge in [-0.15, -0.1) is 0 Å². The molecule has 0 aromatic heterocycles. The molecule has 7 N–H and O–H groups in total. The van der Waals surface area contributed by atoms with Crippen molar-refractivity contribution < 1.29 is 14.7 Å². The third-order valence-corrected chi connectivity index (χ3v) is 3.40. The molecule has 0 spiro atoms. The summed E-state index contributed by atoms with van der Waals surface area (Å²) in [4.78, 5) is 25.0. The minimum atomic E-state index is -0.470. The van der Waals surface area contributed by atoms with Gasteiger partial charge in [-0.25, -0.2) is 0 Å². The van der Waals surface area contributed by atoms with Crippen LogP contribution in [0.3, 0.4) is 0 Å². The Hall–Kier alpha value is -3.02. The van der Waals surface area contributed by atoms with E-state index >= 15 is 0 Å². The summed E-state index contributed by atoms with van der Waals surface area (Å²) in [6.45, 7) is 0. The smallest absolute Gasteiger partial charge is 0.198 e. The second-order valence-electron chi connectivity index (χ2n) is 4.58. The Balaban J connectivity index is 2.44. The molecule has 0 unspecified atom stereocenters. The number of nitrogens with two attached hydrogens (primary N) is 3. The van der Waals surface area contributed by atoms with Crippen LogP contribution in [0.25, 0.3) is 0 Å². The number of fused-ring (bicyclic) bond motifs is 2. The van der Waals surface area contributed by atoms with Gasteiger partial charge in [0, 0.05) is 23.0 Å². The number of ketones is 2. The Bertz CT molecular complexity index is 797. The van der Waals surface area contributed by atoms with Crippen LogP contribution >= 0.6 is 0 Å². The Morgan fingerprint density at radius 3 is 2.25 bits per heavy atom. The molecule has 0 saturated heterocycles. The molecule has 6 nitrogen and oxygen atoms in total. The van der Waals surface area contributed by atoms with Crippen LogP contribution in [0.5, 0.6) is 5.75 Å². The Labute approximate surface area is 113 Å². The van der Waals surface area contributed by atoms with E-state index in [1.807, 2.05) is 0 Å². The maximum atomic E-state index is 12.5. The molecule has 1 aliphatic rings. The van der Waals surface area contributed by atoms with Crippen molar-refractivity contribution in [2.45, 2.75) is 0 Å². The Morgan fingerprint density at radius 2 is 1.55 bits per heavy atom. The standard InChI is InChI=1S/C14H11N3O3/c15-6-3-1-2-5-9(6)14(20)10-7(16)4-8(18)12(17)11(10)13(5)19/h1-4,18H,15-17H2. The van der Waals surface area contributed by atoms with Crippen LogP contribution in [-0.2, 0) is 0 Å². The average molecular weight is 269 g/mol. The van der Waals surface area contributed by atoms with Crippen molar-refractivity contribution in [2.75, 3.05) is 17.2 Å². The highest BCUT2D eigenvalue weighted by molar-refractivity contribution is 6.33. The minimum Gasteiger partial charge on any atom is -0.506 e. The first kappa shape index (κ1) is 12.0. The fourth-order valence-corrected chi connectivity index (χ4v) is 2.46. The van der Waals surface area contributed by atoms with Crippen molar-refractivity contribution in [2.24, 2.45) is 0 Å². The highest BCUT2D eigenvalue weighted by atomic mass is 16.3. The van der Waals surface area contributed by atoms with E-state index in [2.05, 4.69) is 0 Å². The van der Waals surface area contributed by atoms with E-state index in [0.717, 1.165) is 6.07 Å². The molecule has 0 amide bonds. The summed E-state index contributed by atoms with van der Waals surface area (Å²) in [6.07, 6.45) is 0. The number of carbonyl (C=O) groups excluding carboxylic acids is 2. The van der Waals surface area contributed by atoms with Crippen molar-refractivity contribution in [1.29, 1.82) is 0 Å². The van der Waals surface area contributed by atoms with E-state index in [-0.39, 0.29) is 45.1 Å². The molecule has 0 heterocycles. The van der Waals surface area contributed by atoms with Gasteiger partial charge >= 0.3 is 0 Å². The molecule has 3 rings (SSSR count). The number of phenols is 1. The summed E-state index contributed by atoms with van der Waals surface area (Å²) in [7, 11) is 0.